The predicted molar refractivity (Wildman–Crippen MR) is 46.9 cm³/mol. The number of pyridine rings is 1. The number of rotatable bonds is 2. The molecule has 0 bridgehead atoms. The molecule has 2 rings (SSSR count). The van der Waals surface area contributed by atoms with E-state index in [0.29, 0.717) is 18.4 Å². The lowest BCUT2D eigenvalue weighted by molar-refractivity contribution is 0.274. The van der Waals surface area contributed by atoms with E-state index in [9.17, 15) is 0 Å². The summed E-state index contributed by atoms with van der Waals surface area (Å²) in [5.41, 5.74) is 2.61. The zero-order valence-electron chi connectivity index (χ0n) is 7.20. The number of nitrogens with zero attached hydrogens (tertiary/aromatic N) is 1. The van der Waals surface area contributed by atoms with E-state index >= 15 is 0 Å². The molecular formula is C10H13NO. The fourth-order valence-corrected chi connectivity index (χ4v) is 1.73. The first kappa shape index (κ1) is 7.74. The highest BCUT2D eigenvalue weighted by Gasteiger charge is 2.38. The van der Waals surface area contributed by atoms with Crippen molar-refractivity contribution in [3.05, 3.63) is 29.6 Å². The molecule has 0 spiro atoms. The second-order valence-electron chi connectivity index (χ2n) is 3.52. The molecule has 0 saturated heterocycles. The van der Waals surface area contributed by atoms with Gasteiger partial charge in [-0.1, -0.05) is 0 Å². The van der Waals surface area contributed by atoms with Crippen molar-refractivity contribution in [3.63, 3.8) is 0 Å². The number of aryl methyl sites for hydroxylation is 1. The van der Waals surface area contributed by atoms with Crippen LogP contribution < -0.4 is 0 Å². The molecule has 1 aliphatic carbocycles. The van der Waals surface area contributed by atoms with E-state index in [-0.39, 0.29) is 0 Å². The largest absolute Gasteiger partial charge is 0.396 e. The zero-order valence-corrected chi connectivity index (χ0v) is 7.20. The standard InChI is InChI=1S/C10H13NO/c1-7-5-11-3-2-9(7)10-4-8(10)6-12/h2-3,5,8,10,12H,4,6H2,1H3. The van der Waals surface area contributed by atoms with E-state index in [1.807, 2.05) is 12.4 Å². The normalized spacial score (nSPS) is 27.2. The van der Waals surface area contributed by atoms with Crippen molar-refractivity contribution in [2.45, 2.75) is 19.3 Å². The molecule has 1 aliphatic rings. The summed E-state index contributed by atoms with van der Waals surface area (Å²) in [6, 6.07) is 2.07. The lowest BCUT2D eigenvalue weighted by atomic mass is 10.1. The summed E-state index contributed by atoms with van der Waals surface area (Å²) in [6.45, 7) is 2.40. The van der Waals surface area contributed by atoms with Gasteiger partial charge in [0.1, 0.15) is 0 Å². The Morgan fingerprint density at radius 3 is 3.08 bits per heavy atom. The van der Waals surface area contributed by atoms with Crippen LogP contribution in [-0.4, -0.2) is 16.7 Å². The highest BCUT2D eigenvalue weighted by Crippen LogP contribution is 2.47. The Morgan fingerprint density at radius 2 is 2.50 bits per heavy atom. The number of aliphatic hydroxyl groups excluding tert-OH is 1. The second-order valence-corrected chi connectivity index (χ2v) is 3.52. The van der Waals surface area contributed by atoms with Gasteiger partial charge in [-0.3, -0.25) is 4.98 Å². The van der Waals surface area contributed by atoms with E-state index in [1.165, 1.54) is 11.1 Å². The fraction of sp³-hybridized carbons (Fsp3) is 0.500. The number of aliphatic hydroxyl groups is 1. The average molecular weight is 163 g/mol. The van der Waals surface area contributed by atoms with Crippen LogP contribution in [0, 0.1) is 12.8 Å². The first-order chi connectivity index (χ1) is 5.83. The van der Waals surface area contributed by atoms with Gasteiger partial charge in [-0.15, -0.1) is 0 Å². The molecule has 1 N–H and O–H groups in total. The van der Waals surface area contributed by atoms with Crippen LogP contribution in [-0.2, 0) is 0 Å². The van der Waals surface area contributed by atoms with Crippen molar-refractivity contribution in [1.82, 2.24) is 4.98 Å². The van der Waals surface area contributed by atoms with Gasteiger partial charge >= 0.3 is 0 Å². The first-order valence-electron chi connectivity index (χ1n) is 4.34. The number of hydrogen-bond donors (Lipinski definition) is 1. The van der Waals surface area contributed by atoms with Crippen LogP contribution in [0.3, 0.4) is 0 Å². The summed E-state index contributed by atoms with van der Waals surface area (Å²) in [6.07, 6.45) is 4.86. The number of hydrogen-bond acceptors (Lipinski definition) is 2. The molecule has 0 aliphatic heterocycles. The van der Waals surface area contributed by atoms with Crippen LogP contribution in [0.1, 0.15) is 23.5 Å². The third-order valence-electron chi connectivity index (χ3n) is 2.62. The van der Waals surface area contributed by atoms with Crippen molar-refractivity contribution < 1.29 is 5.11 Å². The molecule has 0 aromatic carbocycles. The molecule has 64 valence electrons. The van der Waals surface area contributed by atoms with Crippen LogP contribution in [0.25, 0.3) is 0 Å². The molecule has 2 heteroatoms. The molecule has 1 heterocycles. The van der Waals surface area contributed by atoms with Gasteiger partial charge < -0.3 is 5.11 Å². The SMILES string of the molecule is Cc1cnccc1C1CC1CO. The van der Waals surface area contributed by atoms with E-state index in [1.54, 1.807) is 0 Å². The smallest absolute Gasteiger partial charge is 0.0465 e. The highest BCUT2D eigenvalue weighted by molar-refractivity contribution is 5.30. The van der Waals surface area contributed by atoms with E-state index < -0.39 is 0 Å². The molecule has 2 nitrogen and oxygen atoms in total. The van der Waals surface area contributed by atoms with Crippen molar-refractivity contribution in [2.24, 2.45) is 5.92 Å². The lowest BCUT2D eigenvalue weighted by Gasteiger charge is -2.02. The molecule has 12 heavy (non-hydrogen) atoms. The summed E-state index contributed by atoms with van der Waals surface area (Å²) < 4.78 is 0. The lowest BCUT2D eigenvalue weighted by Crippen LogP contribution is -1.91. The van der Waals surface area contributed by atoms with Crippen molar-refractivity contribution in [3.8, 4) is 0 Å². The van der Waals surface area contributed by atoms with E-state index in [4.69, 9.17) is 5.11 Å². The number of aromatic nitrogens is 1. The quantitative estimate of drug-likeness (QED) is 0.716. The van der Waals surface area contributed by atoms with Gasteiger partial charge in [-0.25, -0.2) is 0 Å². The molecule has 1 fully saturated rings. The topological polar surface area (TPSA) is 33.1 Å². The van der Waals surface area contributed by atoms with Crippen LogP contribution in [0.4, 0.5) is 0 Å². The minimum Gasteiger partial charge on any atom is -0.396 e. The van der Waals surface area contributed by atoms with Gasteiger partial charge in [0.2, 0.25) is 0 Å². The third-order valence-corrected chi connectivity index (χ3v) is 2.62. The molecule has 2 atom stereocenters. The Bertz CT molecular complexity index is 285. The van der Waals surface area contributed by atoms with Crippen LogP contribution in [0.5, 0.6) is 0 Å². The maximum atomic E-state index is 8.91. The first-order valence-corrected chi connectivity index (χ1v) is 4.34. The molecule has 0 radical (unpaired) electrons. The van der Waals surface area contributed by atoms with Gasteiger partial charge in [-0.05, 0) is 42.4 Å². The molecule has 1 aromatic heterocycles. The van der Waals surface area contributed by atoms with E-state index in [2.05, 4.69) is 18.0 Å². The molecule has 1 aromatic rings. The van der Waals surface area contributed by atoms with Crippen LogP contribution in [0.15, 0.2) is 18.5 Å². The van der Waals surface area contributed by atoms with E-state index in [0.717, 1.165) is 6.42 Å². The fourth-order valence-electron chi connectivity index (χ4n) is 1.73. The predicted octanol–water partition coefficient (Wildman–Crippen LogP) is 1.49. The summed E-state index contributed by atoms with van der Waals surface area (Å²) >= 11 is 0. The summed E-state index contributed by atoms with van der Waals surface area (Å²) in [5, 5.41) is 8.91. The summed E-state index contributed by atoms with van der Waals surface area (Å²) in [4.78, 5) is 4.04. The van der Waals surface area contributed by atoms with Gasteiger partial charge in [0.05, 0.1) is 0 Å². The Kier molecular flexibility index (Phi) is 1.85. The molecule has 1 saturated carbocycles. The van der Waals surface area contributed by atoms with Gasteiger partial charge in [0, 0.05) is 19.0 Å². The minimum atomic E-state index is 0.326. The Labute approximate surface area is 72.3 Å². The Hall–Kier alpha value is -0.890. The third kappa shape index (κ3) is 1.23. The van der Waals surface area contributed by atoms with Crippen molar-refractivity contribution in [2.75, 3.05) is 6.61 Å². The van der Waals surface area contributed by atoms with Gasteiger partial charge in [0.25, 0.3) is 0 Å². The van der Waals surface area contributed by atoms with Crippen molar-refractivity contribution >= 4 is 0 Å². The molecular weight excluding hydrogens is 150 g/mol. The van der Waals surface area contributed by atoms with Gasteiger partial charge in [-0.2, -0.15) is 0 Å². The van der Waals surface area contributed by atoms with Crippen LogP contribution >= 0.6 is 0 Å². The monoisotopic (exact) mass is 163 g/mol. The maximum Gasteiger partial charge on any atom is 0.0465 e. The second kappa shape index (κ2) is 2.87. The van der Waals surface area contributed by atoms with Gasteiger partial charge in [0.15, 0.2) is 0 Å². The minimum absolute atomic E-state index is 0.326. The van der Waals surface area contributed by atoms with Crippen molar-refractivity contribution in [1.29, 1.82) is 0 Å². The Morgan fingerprint density at radius 1 is 1.67 bits per heavy atom. The zero-order chi connectivity index (χ0) is 8.55. The average Bonchev–Trinajstić information content (AvgIpc) is 2.84. The highest BCUT2D eigenvalue weighted by atomic mass is 16.3. The summed E-state index contributed by atoms with van der Waals surface area (Å²) in [5.74, 6) is 1.10. The maximum absolute atomic E-state index is 8.91. The molecule has 2 unspecified atom stereocenters. The molecule has 0 amide bonds. The Balaban J connectivity index is 2.19. The van der Waals surface area contributed by atoms with Crippen LogP contribution in [0.2, 0.25) is 0 Å². The summed E-state index contributed by atoms with van der Waals surface area (Å²) in [7, 11) is 0.